The van der Waals surface area contributed by atoms with E-state index in [0.717, 1.165) is 25.5 Å². The number of alkyl halides is 3. The van der Waals surface area contributed by atoms with E-state index in [1.807, 2.05) is 6.92 Å². The molecule has 1 fully saturated rings. The van der Waals surface area contributed by atoms with Gasteiger partial charge in [0.1, 0.15) is 0 Å². The molecule has 19 heavy (non-hydrogen) atoms. The quantitative estimate of drug-likeness (QED) is 0.883. The molecule has 1 aliphatic carbocycles. The van der Waals surface area contributed by atoms with E-state index in [1.54, 1.807) is 6.07 Å². The first-order valence-electron chi connectivity index (χ1n) is 6.45. The van der Waals surface area contributed by atoms with Gasteiger partial charge in [-0.1, -0.05) is 12.1 Å². The highest BCUT2D eigenvalue weighted by Gasteiger charge is 2.31. The van der Waals surface area contributed by atoms with Gasteiger partial charge in [0.15, 0.2) is 0 Å². The van der Waals surface area contributed by atoms with Crippen molar-refractivity contribution in [3.8, 4) is 0 Å². The Morgan fingerprint density at radius 1 is 1.37 bits per heavy atom. The topological polar surface area (TPSA) is 32.3 Å². The summed E-state index contributed by atoms with van der Waals surface area (Å²) in [5, 5.41) is 12.4. The molecule has 1 aromatic rings. The van der Waals surface area contributed by atoms with Gasteiger partial charge in [-0.25, -0.2) is 0 Å². The third-order valence-corrected chi connectivity index (χ3v) is 3.64. The third-order valence-electron chi connectivity index (χ3n) is 3.64. The third kappa shape index (κ3) is 3.70. The van der Waals surface area contributed by atoms with Gasteiger partial charge < -0.3 is 10.4 Å². The number of hydrogen-bond donors (Lipinski definition) is 2. The maximum atomic E-state index is 12.6. The number of hydrogen-bond acceptors (Lipinski definition) is 2. The fraction of sp³-hybridized carbons (Fsp3) is 0.571. The number of rotatable bonds is 4. The molecule has 1 aromatic carbocycles. The van der Waals surface area contributed by atoms with E-state index in [-0.39, 0.29) is 12.1 Å². The first-order chi connectivity index (χ1) is 8.86. The molecular weight excluding hydrogens is 255 g/mol. The number of aliphatic hydroxyl groups excluding tert-OH is 1. The predicted octanol–water partition coefficient (Wildman–Crippen LogP) is 3.13. The van der Waals surface area contributed by atoms with Crippen LogP contribution in [0.4, 0.5) is 13.2 Å². The van der Waals surface area contributed by atoms with Gasteiger partial charge in [-0.2, -0.15) is 13.2 Å². The monoisotopic (exact) mass is 273 g/mol. The Labute approximate surface area is 110 Å². The van der Waals surface area contributed by atoms with Crippen LogP contribution in [0.25, 0.3) is 0 Å². The van der Waals surface area contributed by atoms with Crippen LogP contribution in [0.15, 0.2) is 24.3 Å². The molecule has 0 aromatic heterocycles. The highest BCUT2D eigenvalue weighted by atomic mass is 19.4. The number of aliphatic hydroxyl groups is 1. The maximum Gasteiger partial charge on any atom is 0.416 e. The van der Waals surface area contributed by atoms with E-state index >= 15 is 0 Å². The van der Waals surface area contributed by atoms with Gasteiger partial charge >= 0.3 is 6.18 Å². The molecule has 0 radical (unpaired) electrons. The van der Waals surface area contributed by atoms with Gasteiger partial charge in [0, 0.05) is 6.04 Å². The molecule has 1 unspecified atom stereocenters. The molecule has 0 heterocycles. The lowest BCUT2D eigenvalue weighted by molar-refractivity contribution is -0.137. The molecule has 0 saturated heterocycles. The Morgan fingerprint density at radius 3 is 2.63 bits per heavy atom. The number of halogens is 3. The van der Waals surface area contributed by atoms with E-state index in [1.165, 1.54) is 12.1 Å². The van der Waals surface area contributed by atoms with Crippen LogP contribution in [0.5, 0.6) is 0 Å². The van der Waals surface area contributed by atoms with Gasteiger partial charge in [0.05, 0.1) is 11.7 Å². The summed E-state index contributed by atoms with van der Waals surface area (Å²) in [5.41, 5.74) is 0.0208. The lowest BCUT2D eigenvalue weighted by atomic mass is 9.82. The average molecular weight is 273 g/mol. The first kappa shape index (κ1) is 14.3. The molecule has 0 spiro atoms. The van der Waals surface area contributed by atoms with Gasteiger partial charge in [-0.05, 0) is 49.9 Å². The van der Waals surface area contributed by atoms with Crippen molar-refractivity contribution >= 4 is 0 Å². The van der Waals surface area contributed by atoms with Crippen LogP contribution in [-0.4, -0.2) is 17.8 Å². The summed E-state index contributed by atoms with van der Waals surface area (Å²) in [7, 11) is 0. The minimum absolute atomic E-state index is 0.125. The molecule has 1 atom stereocenters. The van der Waals surface area contributed by atoms with Crippen molar-refractivity contribution in [2.24, 2.45) is 5.92 Å². The zero-order valence-electron chi connectivity index (χ0n) is 10.7. The summed E-state index contributed by atoms with van der Waals surface area (Å²) in [4.78, 5) is 0. The van der Waals surface area contributed by atoms with Gasteiger partial charge in [-0.15, -0.1) is 0 Å². The maximum absolute atomic E-state index is 12.6. The van der Waals surface area contributed by atoms with Crippen molar-refractivity contribution in [2.75, 3.05) is 6.54 Å². The second kappa shape index (κ2) is 5.51. The van der Waals surface area contributed by atoms with Crippen molar-refractivity contribution in [1.29, 1.82) is 0 Å². The van der Waals surface area contributed by atoms with Crippen molar-refractivity contribution in [2.45, 2.75) is 38.1 Å². The summed E-state index contributed by atoms with van der Waals surface area (Å²) >= 11 is 0. The molecule has 5 heteroatoms. The minimum atomic E-state index is -4.30. The molecule has 2 nitrogen and oxygen atoms in total. The lowest BCUT2D eigenvalue weighted by Crippen LogP contribution is -2.37. The standard InChI is InChI=1S/C14H18F3NO/c1-9(18-8-10-5-13(19)6-10)11-3-2-4-12(7-11)14(15,16)17/h2-4,7,9-10,13,18-19H,5-6,8H2,1H3. The van der Waals surface area contributed by atoms with Crippen molar-refractivity contribution < 1.29 is 18.3 Å². The van der Waals surface area contributed by atoms with Crippen molar-refractivity contribution in [3.05, 3.63) is 35.4 Å². The molecule has 0 amide bonds. The van der Waals surface area contributed by atoms with Crippen LogP contribution < -0.4 is 5.32 Å². The summed E-state index contributed by atoms with van der Waals surface area (Å²) < 4.78 is 37.8. The highest BCUT2D eigenvalue weighted by Crippen LogP contribution is 2.31. The van der Waals surface area contributed by atoms with Crippen molar-refractivity contribution in [3.63, 3.8) is 0 Å². The number of benzene rings is 1. The molecule has 2 N–H and O–H groups in total. The highest BCUT2D eigenvalue weighted by molar-refractivity contribution is 5.27. The van der Waals surface area contributed by atoms with E-state index in [4.69, 9.17) is 0 Å². The van der Waals surface area contributed by atoms with Gasteiger partial charge in [0.25, 0.3) is 0 Å². The SMILES string of the molecule is CC(NCC1CC(O)C1)c1cccc(C(F)(F)F)c1. The van der Waals surface area contributed by atoms with E-state index < -0.39 is 11.7 Å². The smallest absolute Gasteiger partial charge is 0.393 e. The molecule has 0 aliphatic heterocycles. The second-order valence-corrected chi connectivity index (χ2v) is 5.24. The molecule has 106 valence electrons. The van der Waals surface area contributed by atoms with E-state index in [9.17, 15) is 18.3 Å². The van der Waals surface area contributed by atoms with Crippen LogP contribution in [0, 0.1) is 5.92 Å². The van der Waals surface area contributed by atoms with Crippen LogP contribution >= 0.6 is 0 Å². The molecule has 0 bridgehead atoms. The summed E-state index contributed by atoms with van der Waals surface area (Å²) in [6.45, 7) is 2.58. The Bertz CT molecular complexity index is 427. The Hall–Kier alpha value is -1.07. The zero-order valence-corrected chi connectivity index (χ0v) is 10.7. The summed E-state index contributed by atoms with van der Waals surface area (Å²) in [6, 6.07) is 5.28. The Balaban J connectivity index is 1.93. The van der Waals surface area contributed by atoms with Crippen LogP contribution in [-0.2, 0) is 6.18 Å². The van der Waals surface area contributed by atoms with E-state index in [2.05, 4.69) is 5.32 Å². The van der Waals surface area contributed by atoms with Gasteiger partial charge in [-0.3, -0.25) is 0 Å². The first-order valence-corrected chi connectivity index (χ1v) is 6.45. The molecule has 1 saturated carbocycles. The van der Waals surface area contributed by atoms with Crippen LogP contribution in [0.2, 0.25) is 0 Å². The summed E-state index contributed by atoms with van der Waals surface area (Å²) in [6.07, 6.45) is -2.94. The van der Waals surface area contributed by atoms with Crippen LogP contribution in [0.1, 0.15) is 36.9 Å². The largest absolute Gasteiger partial charge is 0.416 e. The van der Waals surface area contributed by atoms with Gasteiger partial charge in [0.2, 0.25) is 0 Å². The average Bonchev–Trinajstić information content (AvgIpc) is 2.32. The Morgan fingerprint density at radius 2 is 2.05 bits per heavy atom. The molecule has 1 aliphatic rings. The summed E-state index contributed by atoms with van der Waals surface area (Å²) in [5.74, 6) is 0.434. The van der Waals surface area contributed by atoms with Crippen LogP contribution in [0.3, 0.4) is 0 Å². The fourth-order valence-electron chi connectivity index (χ4n) is 2.31. The van der Waals surface area contributed by atoms with E-state index in [0.29, 0.717) is 11.5 Å². The molecule has 2 rings (SSSR count). The number of nitrogens with one attached hydrogen (secondary N) is 1. The fourth-order valence-corrected chi connectivity index (χ4v) is 2.31. The zero-order chi connectivity index (χ0) is 14.0. The normalized spacial score (nSPS) is 24.9. The molecular formula is C14H18F3NO. The van der Waals surface area contributed by atoms with Crippen molar-refractivity contribution in [1.82, 2.24) is 5.32 Å². The lowest BCUT2D eigenvalue weighted by Gasteiger charge is -2.32. The minimum Gasteiger partial charge on any atom is -0.393 e. The predicted molar refractivity (Wildman–Crippen MR) is 66.6 cm³/mol. The second-order valence-electron chi connectivity index (χ2n) is 5.24. The Kier molecular flexibility index (Phi) is 4.16.